The summed E-state index contributed by atoms with van der Waals surface area (Å²) in [7, 11) is -0.285. The zero-order chi connectivity index (χ0) is 19.9. The molecule has 0 unspecified atom stereocenters. The number of hydrogen-bond acceptors (Lipinski definition) is 4. The summed E-state index contributed by atoms with van der Waals surface area (Å²) < 4.78 is 27.8. The molecule has 0 aliphatic rings. The zero-order valence-corrected chi connectivity index (χ0v) is 17.1. The van der Waals surface area contributed by atoms with Crippen LogP contribution in [0.2, 0.25) is 0 Å². The number of nitrogens with zero attached hydrogens (tertiary/aromatic N) is 3. The number of sulfonamides is 1. The van der Waals surface area contributed by atoms with Crippen molar-refractivity contribution in [1.29, 1.82) is 0 Å². The average Bonchev–Trinajstić information content (AvgIpc) is 2.98. The molecule has 9 heteroatoms. The number of hydrogen-bond donors (Lipinski definition) is 3. The van der Waals surface area contributed by atoms with Crippen LogP contribution in [0.3, 0.4) is 0 Å². The SMILES string of the molecule is CN=C(NCCCn1nc(C)cc1C)NCc1ccc(S(=O)(=O)NC)cc1. The van der Waals surface area contributed by atoms with Crippen LogP contribution in [0.25, 0.3) is 0 Å². The highest BCUT2D eigenvalue weighted by atomic mass is 32.2. The number of aliphatic imine (C=N–C) groups is 1. The molecule has 1 heterocycles. The van der Waals surface area contributed by atoms with E-state index in [0.717, 1.165) is 30.8 Å². The molecule has 0 atom stereocenters. The molecule has 27 heavy (non-hydrogen) atoms. The highest BCUT2D eigenvalue weighted by molar-refractivity contribution is 7.89. The van der Waals surface area contributed by atoms with E-state index in [1.54, 1.807) is 31.3 Å². The van der Waals surface area contributed by atoms with Gasteiger partial charge in [0, 0.05) is 32.4 Å². The van der Waals surface area contributed by atoms with Crippen molar-refractivity contribution >= 4 is 16.0 Å². The molecule has 148 valence electrons. The maximum absolute atomic E-state index is 11.7. The van der Waals surface area contributed by atoms with Crippen molar-refractivity contribution in [2.45, 2.75) is 38.3 Å². The lowest BCUT2D eigenvalue weighted by atomic mass is 10.2. The molecular formula is C18H28N6O2S. The molecule has 3 N–H and O–H groups in total. The van der Waals surface area contributed by atoms with Gasteiger partial charge in [-0.1, -0.05) is 12.1 Å². The molecule has 0 saturated carbocycles. The van der Waals surface area contributed by atoms with Gasteiger partial charge in [0.1, 0.15) is 0 Å². The first kappa shape index (κ1) is 20.9. The van der Waals surface area contributed by atoms with E-state index in [-0.39, 0.29) is 4.90 Å². The predicted molar refractivity (Wildman–Crippen MR) is 107 cm³/mol. The minimum atomic E-state index is -3.40. The van der Waals surface area contributed by atoms with Crippen molar-refractivity contribution in [3.63, 3.8) is 0 Å². The minimum absolute atomic E-state index is 0.250. The van der Waals surface area contributed by atoms with Crippen molar-refractivity contribution in [1.82, 2.24) is 25.1 Å². The molecule has 2 aromatic rings. The van der Waals surface area contributed by atoms with Gasteiger partial charge in [-0.3, -0.25) is 9.67 Å². The van der Waals surface area contributed by atoms with Crippen LogP contribution in [0.5, 0.6) is 0 Å². The first-order chi connectivity index (χ1) is 12.9. The van der Waals surface area contributed by atoms with Gasteiger partial charge in [-0.25, -0.2) is 13.1 Å². The molecule has 0 radical (unpaired) electrons. The Hall–Kier alpha value is -2.39. The highest BCUT2D eigenvalue weighted by Crippen LogP contribution is 2.10. The van der Waals surface area contributed by atoms with Gasteiger partial charge in [0.25, 0.3) is 0 Å². The zero-order valence-electron chi connectivity index (χ0n) is 16.3. The van der Waals surface area contributed by atoms with Crippen LogP contribution in [-0.2, 0) is 23.1 Å². The summed E-state index contributed by atoms with van der Waals surface area (Å²) in [6.07, 6.45) is 0.930. The third kappa shape index (κ3) is 6.07. The summed E-state index contributed by atoms with van der Waals surface area (Å²) in [6.45, 7) is 6.23. The second-order valence-corrected chi connectivity index (χ2v) is 8.09. The van der Waals surface area contributed by atoms with Gasteiger partial charge in [0.05, 0.1) is 10.6 Å². The Morgan fingerprint density at radius 1 is 1.19 bits per heavy atom. The summed E-state index contributed by atoms with van der Waals surface area (Å²) in [6, 6.07) is 8.82. The van der Waals surface area contributed by atoms with Gasteiger partial charge in [-0.05, 0) is 51.1 Å². The van der Waals surface area contributed by atoms with Gasteiger partial charge in [0.15, 0.2) is 5.96 Å². The van der Waals surface area contributed by atoms with E-state index >= 15 is 0 Å². The summed E-state index contributed by atoms with van der Waals surface area (Å²) >= 11 is 0. The second-order valence-electron chi connectivity index (χ2n) is 6.21. The molecule has 1 aromatic carbocycles. The summed E-state index contributed by atoms with van der Waals surface area (Å²) in [4.78, 5) is 4.46. The first-order valence-corrected chi connectivity index (χ1v) is 10.3. The van der Waals surface area contributed by atoms with Crippen molar-refractivity contribution in [3.05, 3.63) is 47.3 Å². The molecule has 0 aliphatic carbocycles. The standard InChI is InChI=1S/C18H28N6O2S/c1-14-12-15(2)24(23-14)11-5-10-21-18(19-3)22-13-16-6-8-17(9-7-16)27(25,26)20-4/h6-9,12,20H,5,10-11,13H2,1-4H3,(H2,19,21,22). The third-order valence-corrected chi connectivity index (χ3v) is 5.56. The van der Waals surface area contributed by atoms with E-state index < -0.39 is 10.0 Å². The van der Waals surface area contributed by atoms with Crippen LogP contribution in [-0.4, -0.2) is 44.8 Å². The second kappa shape index (κ2) is 9.52. The fourth-order valence-corrected chi connectivity index (χ4v) is 3.38. The third-order valence-electron chi connectivity index (χ3n) is 4.13. The Morgan fingerprint density at radius 2 is 1.89 bits per heavy atom. The molecule has 1 aromatic heterocycles. The molecule has 0 spiro atoms. The van der Waals surface area contributed by atoms with Crippen molar-refractivity contribution in [3.8, 4) is 0 Å². The van der Waals surface area contributed by atoms with Gasteiger partial charge in [0.2, 0.25) is 10.0 Å². The van der Waals surface area contributed by atoms with Crippen molar-refractivity contribution in [2.24, 2.45) is 4.99 Å². The van der Waals surface area contributed by atoms with Crippen molar-refractivity contribution < 1.29 is 8.42 Å². The maximum Gasteiger partial charge on any atom is 0.240 e. The summed E-state index contributed by atoms with van der Waals surface area (Å²) in [5.41, 5.74) is 3.17. The molecule has 0 bridgehead atoms. The van der Waals surface area contributed by atoms with Crippen LogP contribution in [0.4, 0.5) is 0 Å². The molecule has 0 saturated heterocycles. The van der Waals surface area contributed by atoms with Crippen molar-refractivity contribution in [2.75, 3.05) is 20.6 Å². The number of rotatable bonds is 8. The lowest BCUT2D eigenvalue weighted by Crippen LogP contribution is -2.37. The fraction of sp³-hybridized carbons (Fsp3) is 0.444. The van der Waals surface area contributed by atoms with Crippen LogP contribution in [0, 0.1) is 13.8 Å². The largest absolute Gasteiger partial charge is 0.356 e. The normalized spacial score (nSPS) is 12.2. The number of benzene rings is 1. The Balaban J connectivity index is 1.77. The smallest absolute Gasteiger partial charge is 0.240 e. The highest BCUT2D eigenvalue weighted by Gasteiger charge is 2.10. The van der Waals surface area contributed by atoms with E-state index in [1.165, 1.54) is 12.7 Å². The molecule has 0 aliphatic heterocycles. The van der Waals surface area contributed by atoms with E-state index in [1.807, 2.05) is 11.6 Å². The average molecular weight is 393 g/mol. The quantitative estimate of drug-likeness (QED) is 0.356. The Labute approximate surface area is 161 Å². The number of aromatic nitrogens is 2. The Morgan fingerprint density at radius 3 is 2.44 bits per heavy atom. The van der Waals surface area contributed by atoms with Crippen LogP contribution >= 0.6 is 0 Å². The minimum Gasteiger partial charge on any atom is -0.356 e. The van der Waals surface area contributed by atoms with E-state index in [9.17, 15) is 8.42 Å². The summed E-state index contributed by atoms with van der Waals surface area (Å²) in [5.74, 6) is 0.704. The number of nitrogens with one attached hydrogen (secondary N) is 3. The molecular weight excluding hydrogens is 364 g/mol. The molecule has 0 amide bonds. The predicted octanol–water partition coefficient (Wildman–Crippen LogP) is 1.16. The number of aryl methyl sites for hydroxylation is 3. The Kier molecular flexibility index (Phi) is 7.37. The van der Waals surface area contributed by atoms with E-state index in [4.69, 9.17) is 0 Å². The molecule has 8 nitrogen and oxygen atoms in total. The first-order valence-electron chi connectivity index (χ1n) is 8.84. The monoisotopic (exact) mass is 392 g/mol. The van der Waals surface area contributed by atoms with Gasteiger partial charge in [-0.15, -0.1) is 0 Å². The lowest BCUT2D eigenvalue weighted by Gasteiger charge is -2.12. The topological polar surface area (TPSA) is 100 Å². The maximum atomic E-state index is 11.7. The molecule has 2 rings (SSSR count). The number of guanidine groups is 1. The van der Waals surface area contributed by atoms with E-state index in [2.05, 4.69) is 38.4 Å². The van der Waals surface area contributed by atoms with Gasteiger partial charge in [-0.2, -0.15) is 5.10 Å². The fourth-order valence-electron chi connectivity index (χ4n) is 2.65. The van der Waals surface area contributed by atoms with Crippen LogP contribution in [0.15, 0.2) is 40.2 Å². The van der Waals surface area contributed by atoms with Gasteiger partial charge < -0.3 is 10.6 Å². The Bertz CT molecular complexity index is 872. The molecule has 0 fully saturated rings. The lowest BCUT2D eigenvalue weighted by molar-refractivity contribution is 0.555. The van der Waals surface area contributed by atoms with Crippen LogP contribution < -0.4 is 15.4 Å². The summed E-state index contributed by atoms with van der Waals surface area (Å²) in [5, 5.41) is 10.9. The van der Waals surface area contributed by atoms with Crippen LogP contribution in [0.1, 0.15) is 23.4 Å². The van der Waals surface area contributed by atoms with Gasteiger partial charge >= 0.3 is 0 Å². The van der Waals surface area contributed by atoms with E-state index in [0.29, 0.717) is 12.5 Å².